The number of rotatable bonds is 6. The molecule has 0 aliphatic heterocycles. The summed E-state index contributed by atoms with van der Waals surface area (Å²) >= 11 is 0. The minimum atomic E-state index is -0.764. The molecule has 1 unspecified atom stereocenters. The largest absolute Gasteiger partial charge is 0.465 e. The van der Waals surface area contributed by atoms with Gasteiger partial charge in [0, 0.05) is 18.0 Å². The van der Waals surface area contributed by atoms with Crippen molar-refractivity contribution in [3.63, 3.8) is 0 Å². The molecular weight excluding hydrogens is 358 g/mol. The van der Waals surface area contributed by atoms with E-state index in [0.29, 0.717) is 5.69 Å². The van der Waals surface area contributed by atoms with Crippen molar-refractivity contribution in [3.8, 4) is 0 Å². The molecule has 1 atom stereocenters. The minimum Gasteiger partial charge on any atom is -0.465 e. The number of nitro benzene ring substituents is 1. The summed E-state index contributed by atoms with van der Waals surface area (Å²) in [7, 11) is 1.19. The number of nitrogens with one attached hydrogen (secondary N) is 1. The second-order valence-corrected chi connectivity index (χ2v) is 6.23. The maximum atomic E-state index is 12.0. The fourth-order valence-corrected chi connectivity index (χ4v) is 2.95. The van der Waals surface area contributed by atoms with E-state index >= 15 is 0 Å². The second kappa shape index (κ2) is 8.30. The number of hydrogen-bond donors (Lipinski definition) is 1. The van der Waals surface area contributed by atoms with Crippen LogP contribution in [-0.2, 0) is 4.74 Å². The fourth-order valence-electron chi connectivity index (χ4n) is 2.95. The molecule has 1 heterocycles. The van der Waals surface area contributed by atoms with E-state index in [9.17, 15) is 14.9 Å². The molecule has 0 saturated carbocycles. The van der Waals surface area contributed by atoms with E-state index in [1.54, 1.807) is 12.3 Å². The topological polar surface area (TPSA) is 94.4 Å². The van der Waals surface area contributed by atoms with Gasteiger partial charge in [-0.1, -0.05) is 35.9 Å². The van der Waals surface area contributed by atoms with Gasteiger partial charge >= 0.3 is 5.97 Å². The molecule has 3 rings (SSSR count). The number of methoxy groups -OCH3 is 1. The predicted octanol–water partition coefficient (Wildman–Crippen LogP) is 4.29. The number of hydrogen-bond acceptors (Lipinski definition) is 6. The molecule has 28 heavy (non-hydrogen) atoms. The molecule has 7 nitrogen and oxygen atoms in total. The molecule has 0 radical (unpaired) electrons. The van der Waals surface area contributed by atoms with Crippen molar-refractivity contribution in [2.24, 2.45) is 0 Å². The number of nitrogens with zero attached hydrogens (tertiary/aromatic N) is 2. The first kappa shape index (κ1) is 19.0. The summed E-state index contributed by atoms with van der Waals surface area (Å²) in [4.78, 5) is 27.1. The van der Waals surface area contributed by atoms with Gasteiger partial charge in [-0.3, -0.25) is 15.1 Å². The molecule has 0 saturated heterocycles. The first-order valence-electron chi connectivity index (χ1n) is 8.60. The van der Waals surface area contributed by atoms with Gasteiger partial charge in [0.15, 0.2) is 0 Å². The Bertz CT molecular complexity index is 1010. The van der Waals surface area contributed by atoms with Crippen LogP contribution in [-0.4, -0.2) is 23.0 Å². The number of aromatic nitrogens is 1. The van der Waals surface area contributed by atoms with Crippen molar-refractivity contribution in [2.45, 2.75) is 13.0 Å². The maximum absolute atomic E-state index is 12.0. The number of ether oxygens (including phenoxy) is 1. The van der Waals surface area contributed by atoms with Crippen LogP contribution in [0.5, 0.6) is 0 Å². The van der Waals surface area contributed by atoms with Crippen LogP contribution in [0.3, 0.4) is 0 Å². The molecule has 7 heteroatoms. The molecule has 0 aliphatic carbocycles. The lowest BCUT2D eigenvalue weighted by Gasteiger charge is -2.21. The molecular formula is C21H19N3O4. The normalized spacial score (nSPS) is 11.5. The lowest BCUT2D eigenvalue weighted by atomic mass is 10.0. The smallest absolute Gasteiger partial charge is 0.344 e. The number of benzene rings is 2. The van der Waals surface area contributed by atoms with Gasteiger partial charge in [-0.2, -0.15) is 0 Å². The molecule has 0 amide bonds. The summed E-state index contributed by atoms with van der Waals surface area (Å²) in [5, 5.41) is 14.6. The Morgan fingerprint density at radius 1 is 1.14 bits per heavy atom. The van der Waals surface area contributed by atoms with Crippen molar-refractivity contribution in [1.82, 2.24) is 4.98 Å². The molecule has 2 aromatic carbocycles. The van der Waals surface area contributed by atoms with Crippen molar-refractivity contribution in [2.75, 3.05) is 12.4 Å². The van der Waals surface area contributed by atoms with Gasteiger partial charge in [0.05, 0.1) is 23.8 Å². The van der Waals surface area contributed by atoms with Crippen molar-refractivity contribution < 1.29 is 14.5 Å². The van der Waals surface area contributed by atoms with E-state index in [1.165, 1.54) is 19.2 Å². The zero-order valence-corrected chi connectivity index (χ0v) is 15.5. The zero-order chi connectivity index (χ0) is 20.1. The van der Waals surface area contributed by atoms with Gasteiger partial charge < -0.3 is 10.1 Å². The lowest BCUT2D eigenvalue weighted by molar-refractivity contribution is -0.385. The zero-order valence-electron chi connectivity index (χ0n) is 15.5. The summed E-state index contributed by atoms with van der Waals surface area (Å²) in [6.45, 7) is 2.00. The number of nitro groups is 1. The number of pyridine rings is 1. The second-order valence-electron chi connectivity index (χ2n) is 6.23. The first-order chi connectivity index (χ1) is 13.5. The highest BCUT2D eigenvalue weighted by atomic mass is 16.6. The summed E-state index contributed by atoms with van der Waals surface area (Å²) in [5.41, 5.74) is 2.99. The predicted molar refractivity (Wildman–Crippen MR) is 105 cm³/mol. The van der Waals surface area contributed by atoms with Crippen molar-refractivity contribution >= 4 is 17.3 Å². The monoisotopic (exact) mass is 377 g/mol. The third-order valence-electron chi connectivity index (χ3n) is 4.27. The van der Waals surface area contributed by atoms with Gasteiger partial charge in [0.2, 0.25) is 0 Å². The van der Waals surface area contributed by atoms with Gasteiger partial charge in [0.1, 0.15) is 5.56 Å². The van der Waals surface area contributed by atoms with E-state index in [2.05, 4.69) is 15.0 Å². The maximum Gasteiger partial charge on any atom is 0.344 e. The third-order valence-corrected chi connectivity index (χ3v) is 4.27. The Hall–Kier alpha value is -3.74. The van der Waals surface area contributed by atoms with Crippen LogP contribution < -0.4 is 5.32 Å². The quantitative estimate of drug-likeness (QED) is 0.391. The standard InChI is InChI=1S/C21H19N3O4/c1-14-6-5-7-15(12-14)20(18-8-3-4-11-22-18)23-16-9-10-19(24(26)27)17(13-16)21(25)28-2/h3-13,20,23H,1-2H3. The molecule has 1 aromatic heterocycles. The molecule has 1 N–H and O–H groups in total. The van der Waals surface area contributed by atoms with Crippen LogP contribution in [0.1, 0.15) is 33.2 Å². The Morgan fingerprint density at radius 3 is 2.61 bits per heavy atom. The van der Waals surface area contributed by atoms with Gasteiger partial charge in [-0.15, -0.1) is 0 Å². The van der Waals surface area contributed by atoms with Crippen LogP contribution in [0.2, 0.25) is 0 Å². The van der Waals surface area contributed by atoms with Crippen molar-refractivity contribution in [3.05, 3.63) is 99.4 Å². The summed E-state index contributed by atoms with van der Waals surface area (Å²) < 4.78 is 4.69. The Labute approximate surface area is 162 Å². The highest BCUT2D eigenvalue weighted by molar-refractivity contribution is 5.95. The Morgan fingerprint density at radius 2 is 1.96 bits per heavy atom. The fraction of sp³-hybridized carbons (Fsp3) is 0.143. The summed E-state index contributed by atoms with van der Waals surface area (Å²) in [5.74, 6) is -0.764. The van der Waals surface area contributed by atoms with E-state index in [4.69, 9.17) is 0 Å². The molecule has 0 fully saturated rings. The number of esters is 1. The molecule has 3 aromatic rings. The van der Waals surface area contributed by atoms with Crippen LogP contribution >= 0.6 is 0 Å². The van der Waals surface area contributed by atoms with E-state index < -0.39 is 10.9 Å². The minimum absolute atomic E-state index is 0.110. The molecule has 0 aliphatic rings. The van der Waals surface area contributed by atoms with E-state index in [1.807, 2.05) is 49.4 Å². The van der Waals surface area contributed by atoms with Gasteiger partial charge in [0.25, 0.3) is 5.69 Å². The average Bonchev–Trinajstić information content (AvgIpc) is 2.71. The van der Waals surface area contributed by atoms with Crippen LogP contribution in [0.15, 0.2) is 66.9 Å². The van der Waals surface area contributed by atoms with Crippen molar-refractivity contribution in [1.29, 1.82) is 0 Å². The Kier molecular flexibility index (Phi) is 5.64. The number of carbonyl (C=O) groups excluding carboxylic acids is 1. The first-order valence-corrected chi connectivity index (χ1v) is 8.60. The van der Waals surface area contributed by atoms with Gasteiger partial charge in [-0.25, -0.2) is 4.79 Å². The highest BCUT2D eigenvalue weighted by Crippen LogP contribution is 2.29. The molecule has 0 bridgehead atoms. The van der Waals surface area contributed by atoms with Crippen LogP contribution in [0.25, 0.3) is 0 Å². The SMILES string of the molecule is COC(=O)c1cc(NC(c2cccc(C)c2)c2ccccn2)ccc1[N+](=O)[O-]. The van der Waals surface area contributed by atoms with Crippen LogP contribution in [0, 0.1) is 17.0 Å². The Balaban J connectivity index is 2.04. The van der Waals surface area contributed by atoms with E-state index in [-0.39, 0.29) is 17.3 Å². The third kappa shape index (κ3) is 4.15. The number of anilines is 1. The highest BCUT2D eigenvalue weighted by Gasteiger charge is 2.23. The van der Waals surface area contributed by atoms with Gasteiger partial charge in [-0.05, 0) is 36.8 Å². The number of aryl methyl sites for hydroxylation is 1. The van der Waals surface area contributed by atoms with E-state index in [0.717, 1.165) is 16.8 Å². The number of carbonyl (C=O) groups is 1. The summed E-state index contributed by atoms with van der Waals surface area (Å²) in [6.07, 6.45) is 1.70. The molecule has 0 spiro atoms. The lowest BCUT2D eigenvalue weighted by Crippen LogP contribution is -2.15. The molecule has 142 valence electrons. The van der Waals surface area contributed by atoms with Crippen LogP contribution in [0.4, 0.5) is 11.4 Å². The average molecular weight is 377 g/mol. The summed E-state index contributed by atoms with van der Waals surface area (Å²) in [6, 6.07) is 17.6.